The Labute approximate surface area is 134 Å². The van der Waals surface area contributed by atoms with Crippen LogP contribution in [0.1, 0.15) is 20.3 Å². The second kappa shape index (κ2) is 11.2. The van der Waals surface area contributed by atoms with Crippen LogP contribution in [0.4, 0.5) is 0 Å². The van der Waals surface area contributed by atoms with Crippen LogP contribution in [0.3, 0.4) is 0 Å². The zero-order valence-electron chi connectivity index (χ0n) is 13.6. The number of halogens is 1. The second-order valence-corrected chi connectivity index (χ2v) is 5.77. The molecule has 1 N–H and O–H groups in total. The minimum Gasteiger partial charge on any atom is -0.304 e. The minimum atomic E-state index is 0.534. The summed E-state index contributed by atoms with van der Waals surface area (Å²) in [4.78, 5) is 10.5. The third-order valence-corrected chi connectivity index (χ3v) is 4.16. The molecule has 0 aromatic carbocycles. The maximum Gasteiger partial charge on any atom is 0.0929 e. The number of hydrogen-bond acceptors (Lipinski definition) is 4. The van der Waals surface area contributed by atoms with Crippen molar-refractivity contribution in [3.8, 4) is 0 Å². The molecule has 1 aliphatic rings. The lowest BCUT2D eigenvalue weighted by molar-refractivity contribution is 0.0273. The molecule has 0 saturated carbocycles. The summed E-state index contributed by atoms with van der Waals surface area (Å²) in [7, 11) is 2.19. The number of likely N-dealkylation sites (N-methyl/N-ethyl adjacent to an activating group) is 1. The number of allylic oxidation sites excluding steroid dienone is 2. The lowest BCUT2D eigenvalue weighted by atomic mass is 10.1. The molecule has 1 saturated heterocycles. The molecule has 0 radical (unpaired) electrons. The van der Waals surface area contributed by atoms with Crippen molar-refractivity contribution in [2.24, 2.45) is 0 Å². The molecule has 0 spiro atoms. The Morgan fingerprint density at radius 1 is 1.33 bits per heavy atom. The Kier molecular flexibility index (Phi) is 9.96. The van der Waals surface area contributed by atoms with Crippen molar-refractivity contribution < 1.29 is 4.84 Å². The molecule has 1 aliphatic heterocycles. The quantitative estimate of drug-likeness (QED) is 0.306. The molecule has 1 atom stereocenters. The van der Waals surface area contributed by atoms with Crippen molar-refractivity contribution in [2.45, 2.75) is 26.3 Å². The summed E-state index contributed by atoms with van der Waals surface area (Å²) in [6.07, 6.45) is 7.12. The molecule has 0 aromatic rings. The van der Waals surface area contributed by atoms with Crippen LogP contribution in [0.5, 0.6) is 0 Å². The molecule has 1 rings (SSSR count). The van der Waals surface area contributed by atoms with Gasteiger partial charge in [-0.2, -0.15) is 0 Å². The van der Waals surface area contributed by atoms with Gasteiger partial charge in [0, 0.05) is 44.6 Å². The average molecular weight is 316 g/mol. The largest absolute Gasteiger partial charge is 0.304 e. The zero-order chi connectivity index (χ0) is 15.5. The predicted octanol–water partition coefficient (Wildman–Crippen LogP) is 2.27. The summed E-state index contributed by atoms with van der Waals surface area (Å²) < 4.78 is 0. The molecule has 122 valence electrons. The molecule has 0 aromatic heterocycles. The van der Waals surface area contributed by atoms with Crippen LogP contribution in [0.25, 0.3) is 0 Å². The number of alkyl halides is 1. The van der Waals surface area contributed by atoms with Crippen molar-refractivity contribution in [1.82, 2.24) is 15.3 Å². The number of nitrogens with zero attached hydrogens (tertiary/aromatic N) is 2. The normalized spacial score (nSPS) is 20.3. The van der Waals surface area contributed by atoms with E-state index in [1.807, 2.05) is 25.2 Å². The predicted molar refractivity (Wildman–Crippen MR) is 90.7 cm³/mol. The van der Waals surface area contributed by atoms with Crippen molar-refractivity contribution in [3.63, 3.8) is 0 Å². The third-order valence-electron chi connectivity index (χ3n) is 3.98. The Hall–Kier alpha value is -0.390. The maximum atomic E-state index is 5.64. The monoisotopic (exact) mass is 315 g/mol. The molecular weight excluding hydrogens is 286 g/mol. The molecule has 4 nitrogen and oxygen atoms in total. The van der Waals surface area contributed by atoms with Crippen LogP contribution >= 0.6 is 11.6 Å². The Morgan fingerprint density at radius 2 is 2.05 bits per heavy atom. The van der Waals surface area contributed by atoms with E-state index < -0.39 is 0 Å². The van der Waals surface area contributed by atoms with Crippen LogP contribution in [-0.4, -0.2) is 68.1 Å². The molecule has 21 heavy (non-hydrogen) atoms. The van der Waals surface area contributed by atoms with E-state index in [0.717, 1.165) is 44.7 Å². The van der Waals surface area contributed by atoms with Crippen LogP contribution < -0.4 is 5.48 Å². The van der Waals surface area contributed by atoms with Crippen LogP contribution in [0.15, 0.2) is 23.8 Å². The van der Waals surface area contributed by atoms with Gasteiger partial charge in [-0.15, -0.1) is 11.6 Å². The van der Waals surface area contributed by atoms with Gasteiger partial charge < -0.3 is 4.90 Å². The number of rotatable bonds is 9. The van der Waals surface area contributed by atoms with Crippen molar-refractivity contribution >= 4 is 11.6 Å². The summed E-state index contributed by atoms with van der Waals surface area (Å²) in [5.74, 6) is 0.534. The topological polar surface area (TPSA) is 27.7 Å². The van der Waals surface area contributed by atoms with Gasteiger partial charge in [-0.25, -0.2) is 5.48 Å². The van der Waals surface area contributed by atoms with Gasteiger partial charge in [0.25, 0.3) is 0 Å². The molecule has 1 fully saturated rings. The highest BCUT2D eigenvalue weighted by Crippen LogP contribution is 2.08. The molecular formula is C16H30ClN3O. The fourth-order valence-electron chi connectivity index (χ4n) is 2.43. The first-order valence-electron chi connectivity index (χ1n) is 7.86. The van der Waals surface area contributed by atoms with Gasteiger partial charge in [-0.3, -0.25) is 9.74 Å². The SMILES string of the molecule is C/C=C(\C=C/CCl)CONCC(CC)N1CCN(C)CC1. The summed E-state index contributed by atoms with van der Waals surface area (Å²) in [5, 5.41) is 0. The molecule has 0 aliphatic carbocycles. The standard InChI is InChI=1S/C16H30ClN3O/c1-4-15(7-6-8-17)14-21-18-13-16(5-2)20-11-9-19(3)10-12-20/h4,6-7,16,18H,5,8-14H2,1-3H3/b7-6-,15-4+. The van der Waals surface area contributed by atoms with Crippen molar-refractivity contribution in [1.29, 1.82) is 0 Å². The van der Waals surface area contributed by atoms with Crippen LogP contribution in [-0.2, 0) is 4.84 Å². The van der Waals surface area contributed by atoms with Crippen LogP contribution in [0.2, 0.25) is 0 Å². The first kappa shape index (κ1) is 18.7. The number of piperazine rings is 1. The van der Waals surface area contributed by atoms with E-state index in [0.29, 0.717) is 18.5 Å². The molecule has 1 heterocycles. The Morgan fingerprint density at radius 3 is 2.62 bits per heavy atom. The lowest BCUT2D eigenvalue weighted by Gasteiger charge is -2.37. The first-order valence-corrected chi connectivity index (χ1v) is 8.39. The second-order valence-electron chi connectivity index (χ2n) is 5.46. The number of hydrogen-bond donors (Lipinski definition) is 1. The first-order chi connectivity index (χ1) is 10.2. The van der Waals surface area contributed by atoms with E-state index in [2.05, 4.69) is 29.3 Å². The molecule has 0 amide bonds. The van der Waals surface area contributed by atoms with E-state index in [-0.39, 0.29) is 0 Å². The smallest absolute Gasteiger partial charge is 0.0929 e. The Balaban J connectivity index is 2.24. The summed E-state index contributed by atoms with van der Waals surface area (Å²) in [6.45, 7) is 10.3. The van der Waals surface area contributed by atoms with Gasteiger partial charge in [0.05, 0.1) is 6.61 Å². The average Bonchev–Trinajstić information content (AvgIpc) is 2.51. The Bertz CT molecular complexity index is 325. The number of hydroxylamine groups is 1. The van der Waals surface area contributed by atoms with Gasteiger partial charge >= 0.3 is 0 Å². The maximum absolute atomic E-state index is 5.64. The summed E-state index contributed by atoms with van der Waals surface area (Å²) >= 11 is 5.64. The lowest BCUT2D eigenvalue weighted by Crippen LogP contribution is -2.51. The van der Waals surface area contributed by atoms with Gasteiger partial charge in [0.2, 0.25) is 0 Å². The van der Waals surface area contributed by atoms with Crippen molar-refractivity contribution in [2.75, 3.05) is 52.3 Å². The van der Waals surface area contributed by atoms with Crippen LogP contribution in [0, 0.1) is 0 Å². The minimum absolute atomic E-state index is 0.534. The van der Waals surface area contributed by atoms with Gasteiger partial charge in [-0.05, 0) is 26.0 Å². The van der Waals surface area contributed by atoms with Gasteiger partial charge in [0.15, 0.2) is 0 Å². The fourth-order valence-corrected chi connectivity index (χ4v) is 2.52. The third kappa shape index (κ3) is 7.43. The molecule has 5 heteroatoms. The fraction of sp³-hybridized carbons (Fsp3) is 0.750. The summed E-state index contributed by atoms with van der Waals surface area (Å²) in [6, 6.07) is 0.547. The molecule has 0 bridgehead atoms. The number of nitrogens with one attached hydrogen (secondary N) is 1. The van der Waals surface area contributed by atoms with E-state index in [1.54, 1.807) is 0 Å². The van der Waals surface area contributed by atoms with Crippen molar-refractivity contribution in [3.05, 3.63) is 23.8 Å². The highest BCUT2D eigenvalue weighted by atomic mass is 35.5. The highest BCUT2D eigenvalue weighted by Gasteiger charge is 2.20. The highest BCUT2D eigenvalue weighted by molar-refractivity contribution is 6.18. The molecule has 1 unspecified atom stereocenters. The van der Waals surface area contributed by atoms with E-state index in [4.69, 9.17) is 16.4 Å². The van der Waals surface area contributed by atoms with E-state index in [9.17, 15) is 0 Å². The van der Waals surface area contributed by atoms with E-state index >= 15 is 0 Å². The van der Waals surface area contributed by atoms with Gasteiger partial charge in [-0.1, -0.05) is 25.2 Å². The van der Waals surface area contributed by atoms with E-state index in [1.165, 1.54) is 0 Å². The summed E-state index contributed by atoms with van der Waals surface area (Å²) in [5.41, 5.74) is 4.26. The zero-order valence-corrected chi connectivity index (χ0v) is 14.4. The van der Waals surface area contributed by atoms with Gasteiger partial charge in [0.1, 0.15) is 0 Å².